The van der Waals surface area contributed by atoms with Crippen LogP contribution in [0.4, 0.5) is 11.4 Å². The topological polar surface area (TPSA) is 145 Å². The molecule has 0 spiro atoms. The smallest absolute Gasteiger partial charge is 0.550 e. The minimum atomic E-state index is -1.08. The molecule has 0 aliphatic carbocycles. The minimum absolute atomic E-state index is 0. The number of rotatable bonds is 4. The number of aliphatic imine (C=N–C) groups is 2. The molecule has 0 aromatic heterocycles. The number of nitrogens with zero attached hydrogens (tertiary/aromatic N) is 2. The quantitative estimate of drug-likeness (QED) is 0.412. The van der Waals surface area contributed by atoms with Gasteiger partial charge in [-0.25, -0.2) is 0 Å². The molecule has 2 N–H and O–H groups in total. The van der Waals surface area contributed by atoms with E-state index in [-0.39, 0.29) is 39.1 Å². The summed E-state index contributed by atoms with van der Waals surface area (Å²) >= 11 is 0. The van der Waals surface area contributed by atoms with E-state index in [0.717, 1.165) is 25.0 Å². The molecule has 221 valence electrons. The molecular formula is C32H38CoN2O6. The molecule has 9 heteroatoms. The van der Waals surface area contributed by atoms with Gasteiger partial charge in [-0.2, -0.15) is 0 Å². The zero-order chi connectivity index (χ0) is 30.7. The van der Waals surface area contributed by atoms with Crippen molar-refractivity contribution in [2.24, 2.45) is 9.98 Å². The van der Waals surface area contributed by atoms with Crippen molar-refractivity contribution in [2.45, 2.75) is 66.2 Å². The number of phenolic OH excluding ortho intramolecular Hbond substituents is 2. The Kier molecular flexibility index (Phi) is 14.8. The first-order chi connectivity index (χ1) is 18.4. The molecule has 0 saturated carbocycles. The predicted molar refractivity (Wildman–Crippen MR) is 156 cm³/mol. The third-order valence-electron chi connectivity index (χ3n) is 5.35. The summed E-state index contributed by atoms with van der Waals surface area (Å²) in [7, 11) is 0. The fraction of sp³-hybridized carbons (Fsp3) is 0.312. The van der Waals surface area contributed by atoms with Gasteiger partial charge in [-0.1, -0.05) is 65.8 Å². The van der Waals surface area contributed by atoms with Gasteiger partial charge in [0.2, 0.25) is 0 Å². The normalized spacial score (nSPS) is 11.1. The van der Waals surface area contributed by atoms with E-state index in [1.165, 1.54) is 0 Å². The predicted octanol–water partition coefficient (Wildman–Crippen LogP) is 4.70. The number of carbonyl (C=O) groups is 2. The third kappa shape index (κ3) is 13.8. The first-order valence-electron chi connectivity index (χ1n) is 12.6. The van der Waals surface area contributed by atoms with E-state index in [2.05, 4.69) is 51.5 Å². The Morgan fingerprint density at radius 3 is 1.22 bits per heavy atom. The number of benzene rings is 3. The van der Waals surface area contributed by atoms with Crippen LogP contribution in [0.25, 0.3) is 0 Å². The third-order valence-corrected chi connectivity index (χ3v) is 5.35. The van der Waals surface area contributed by atoms with Crippen molar-refractivity contribution in [1.82, 2.24) is 0 Å². The van der Waals surface area contributed by atoms with Crippen LogP contribution in [0.5, 0.6) is 11.5 Å². The molecule has 0 bridgehead atoms. The Morgan fingerprint density at radius 1 is 0.659 bits per heavy atom. The molecule has 0 atom stereocenters. The SMILES string of the molecule is CC(=O)[O-].CC(=O)[O-].CC(C)(C)c1ccc(O)c(C=Nc2ccccc2N=Cc2cc(C(C)(C)C)ccc2O)c1.[Co+2]. The Bertz CT molecular complexity index is 1260. The van der Waals surface area contributed by atoms with Gasteiger partial charge in [0, 0.05) is 35.5 Å². The summed E-state index contributed by atoms with van der Waals surface area (Å²) in [5, 5.41) is 38.3. The van der Waals surface area contributed by atoms with Crippen LogP contribution in [0.15, 0.2) is 70.6 Å². The number of aromatic hydroxyl groups is 2. The summed E-state index contributed by atoms with van der Waals surface area (Å²) in [5.74, 6) is -1.79. The summed E-state index contributed by atoms with van der Waals surface area (Å²) in [4.78, 5) is 27.0. The maximum absolute atomic E-state index is 10.3. The number of phenols is 2. The largest absolute Gasteiger partial charge is 2.00 e. The van der Waals surface area contributed by atoms with Crippen LogP contribution in [-0.2, 0) is 37.2 Å². The Morgan fingerprint density at radius 2 is 0.951 bits per heavy atom. The second-order valence-electron chi connectivity index (χ2n) is 11.0. The first-order valence-corrected chi connectivity index (χ1v) is 12.6. The van der Waals surface area contributed by atoms with Crippen LogP contribution in [0.2, 0.25) is 0 Å². The summed E-state index contributed by atoms with van der Waals surface area (Å²) in [6, 6.07) is 18.7. The molecule has 1 radical (unpaired) electrons. The maximum atomic E-state index is 10.3. The molecular weight excluding hydrogens is 567 g/mol. The van der Waals surface area contributed by atoms with Gasteiger partial charge in [-0.05, 0) is 72.2 Å². The number of hydrogen-bond donors (Lipinski definition) is 2. The Balaban J connectivity index is 0.00000158. The van der Waals surface area contributed by atoms with Gasteiger partial charge in [-0.3, -0.25) is 9.98 Å². The number of hydrogen-bond acceptors (Lipinski definition) is 8. The van der Waals surface area contributed by atoms with E-state index in [1.807, 2.05) is 48.5 Å². The Hall–Kier alpha value is -3.95. The molecule has 41 heavy (non-hydrogen) atoms. The molecule has 0 saturated heterocycles. The van der Waals surface area contributed by atoms with Crippen molar-refractivity contribution in [1.29, 1.82) is 0 Å². The summed E-state index contributed by atoms with van der Waals surface area (Å²) in [5.41, 5.74) is 4.86. The monoisotopic (exact) mass is 605 g/mol. The van der Waals surface area contributed by atoms with Crippen LogP contribution < -0.4 is 10.2 Å². The first kappa shape index (κ1) is 37.0. The van der Waals surface area contributed by atoms with E-state index < -0.39 is 11.9 Å². The maximum Gasteiger partial charge on any atom is 2.00 e. The zero-order valence-electron chi connectivity index (χ0n) is 24.7. The van der Waals surface area contributed by atoms with E-state index in [4.69, 9.17) is 19.8 Å². The number of para-hydroxylation sites is 2. The molecule has 3 aromatic rings. The van der Waals surface area contributed by atoms with Gasteiger partial charge in [0.15, 0.2) is 0 Å². The summed E-state index contributed by atoms with van der Waals surface area (Å²) in [6.07, 6.45) is 3.33. The molecule has 8 nitrogen and oxygen atoms in total. The average Bonchev–Trinajstić information content (AvgIpc) is 2.81. The number of carboxylic acids is 2. The summed E-state index contributed by atoms with van der Waals surface area (Å²) < 4.78 is 0. The van der Waals surface area contributed by atoms with Crippen molar-refractivity contribution >= 4 is 35.7 Å². The Labute approximate surface area is 252 Å². The van der Waals surface area contributed by atoms with Crippen LogP contribution in [-0.4, -0.2) is 34.6 Å². The molecule has 0 amide bonds. The van der Waals surface area contributed by atoms with Crippen LogP contribution in [0.3, 0.4) is 0 Å². The van der Waals surface area contributed by atoms with E-state index in [9.17, 15) is 10.2 Å². The van der Waals surface area contributed by atoms with E-state index >= 15 is 0 Å². The standard InChI is InChI=1S/C28H32N2O2.2C2H4O2.Co/c1-27(2,3)21-11-13-25(31)19(15-21)17-29-23-9-7-8-10-24(23)30-18-20-16-22(28(4,5)6)12-14-26(20)32;2*1-2(3)4;/h7-18,31-32H,1-6H3;2*1H3,(H,3,4);/q;;;+2/p-2. The minimum Gasteiger partial charge on any atom is -0.550 e. The molecule has 0 aliphatic rings. The fourth-order valence-electron chi connectivity index (χ4n) is 3.21. The van der Waals surface area contributed by atoms with Crippen LogP contribution in [0, 0.1) is 0 Å². The van der Waals surface area contributed by atoms with Gasteiger partial charge in [0.25, 0.3) is 0 Å². The van der Waals surface area contributed by atoms with Crippen LogP contribution in [0.1, 0.15) is 77.6 Å². The van der Waals surface area contributed by atoms with Gasteiger partial charge in [0.1, 0.15) is 11.5 Å². The zero-order valence-corrected chi connectivity index (χ0v) is 25.7. The van der Waals surface area contributed by atoms with Gasteiger partial charge >= 0.3 is 16.8 Å². The number of carbonyl (C=O) groups excluding carboxylic acids is 2. The fourth-order valence-corrected chi connectivity index (χ4v) is 3.21. The molecule has 3 aromatic carbocycles. The van der Waals surface area contributed by atoms with Crippen molar-refractivity contribution < 1.29 is 46.8 Å². The molecule has 0 unspecified atom stereocenters. The summed E-state index contributed by atoms with van der Waals surface area (Å²) in [6.45, 7) is 14.7. The van der Waals surface area contributed by atoms with Gasteiger partial charge in [0.05, 0.1) is 11.4 Å². The van der Waals surface area contributed by atoms with Gasteiger partial charge < -0.3 is 30.0 Å². The van der Waals surface area contributed by atoms with Crippen molar-refractivity contribution in [2.75, 3.05) is 0 Å². The number of carboxylic acid groups (broad SMARTS) is 2. The van der Waals surface area contributed by atoms with Crippen molar-refractivity contribution in [3.63, 3.8) is 0 Å². The molecule has 0 fully saturated rings. The van der Waals surface area contributed by atoms with E-state index in [1.54, 1.807) is 24.6 Å². The molecule has 0 aliphatic heterocycles. The second-order valence-corrected chi connectivity index (χ2v) is 11.0. The molecule has 3 rings (SSSR count). The second kappa shape index (κ2) is 16.3. The number of aliphatic carboxylic acids is 2. The van der Waals surface area contributed by atoms with Crippen molar-refractivity contribution in [3.8, 4) is 11.5 Å². The van der Waals surface area contributed by atoms with Crippen molar-refractivity contribution in [3.05, 3.63) is 82.9 Å². The van der Waals surface area contributed by atoms with Gasteiger partial charge in [-0.15, -0.1) is 0 Å². The average molecular weight is 606 g/mol. The molecule has 0 heterocycles. The van der Waals surface area contributed by atoms with E-state index in [0.29, 0.717) is 22.5 Å². The van der Waals surface area contributed by atoms with Crippen LogP contribution >= 0.6 is 0 Å².